The summed E-state index contributed by atoms with van der Waals surface area (Å²) in [6, 6.07) is 7.49. The molecule has 1 heterocycles. The number of hydrogen-bond donors (Lipinski definition) is 1. The Morgan fingerprint density at radius 1 is 1.33 bits per heavy atom. The third kappa shape index (κ3) is 3.75. The van der Waals surface area contributed by atoms with Crippen LogP contribution in [0.1, 0.15) is 38.7 Å². The zero-order valence-corrected chi connectivity index (χ0v) is 14.5. The third-order valence-corrected chi connectivity index (χ3v) is 5.42. The lowest BCUT2D eigenvalue weighted by Gasteiger charge is -2.25. The average molecular weight is 345 g/mol. The molecule has 2 rings (SSSR count). The summed E-state index contributed by atoms with van der Waals surface area (Å²) in [7, 11) is -1.39. The fraction of sp³-hybridized carbons (Fsp3) is 0.400. The fourth-order valence-electron chi connectivity index (χ4n) is 2.42. The first-order valence-electron chi connectivity index (χ1n) is 6.62. The van der Waals surface area contributed by atoms with Gasteiger partial charge < -0.3 is 0 Å². The fourth-order valence-corrected chi connectivity index (χ4v) is 3.34. The van der Waals surface area contributed by atoms with Crippen molar-refractivity contribution in [3.63, 3.8) is 0 Å². The summed E-state index contributed by atoms with van der Waals surface area (Å²) in [6.07, 6.45) is 0.656. The number of rotatable bonds is 4. The summed E-state index contributed by atoms with van der Waals surface area (Å²) in [5.41, 5.74) is 1.73. The lowest BCUT2D eigenvalue weighted by molar-refractivity contribution is 0.540. The number of fused-ring (bicyclic) bond motifs is 1. The summed E-state index contributed by atoms with van der Waals surface area (Å²) < 4.78 is 11.1. The molecule has 114 valence electrons. The third-order valence-electron chi connectivity index (χ3n) is 3.63. The first kappa shape index (κ1) is 16.7. The van der Waals surface area contributed by atoms with Crippen LogP contribution in [0.4, 0.5) is 0 Å². The Kier molecular flexibility index (Phi) is 4.93. The minimum Gasteiger partial charge on any atom is -0.251 e. The van der Waals surface area contributed by atoms with E-state index in [0.29, 0.717) is 16.6 Å². The number of benzene rings is 1. The molecule has 0 spiro atoms. The summed E-state index contributed by atoms with van der Waals surface area (Å²) in [4.78, 5) is 4.41. The van der Waals surface area contributed by atoms with Crippen LogP contribution in [0, 0.1) is 0 Å². The van der Waals surface area contributed by atoms with E-state index < -0.39 is 15.7 Å². The molecule has 0 radical (unpaired) electrons. The Labute approximate surface area is 137 Å². The van der Waals surface area contributed by atoms with E-state index in [1.165, 1.54) is 0 Å². The van der Waals surface area contributed by atoms with Crippen LogP contribution >= 0.6 is 23.2 Å². The van der Waals surface area contributed by atoms with Gasteiger partial charge in [-0.25, -0.2) is 9.19 Å². The van der Waals surface area contributed by atoms with E-state index in [4.69, 9.17) is 28.3 Å². The van der Waals surface area contributed by atoms with Crippen molar-refractivity contribution in [3.8, 4) is 0 Å². The van der Waals surface area contributed by atoms with Gasteiger partial charge in [-0.15, -0.1) is 0 Å². The van der Waals surface area contributed by atoms with Crippen molar-refractivity contribution >= 4 is 45.1 Å². The minimum atomic E-state index is -1.39. The first-order valence-corrected chi connectivity index (χ1v) is 8.59. The van der Waals surface area contributed by atoms with Crippen LogP contribution in [0.2, 0.25) is 10.2 Å². The highest BCUT2D eigenvalue weighted by Gasteiger charge is 2.27. The summed E-state index contributed by atoms with van der Waals surface area (Å²) in [6.45, 7) is 5.81. The Balaban J connectivity index is 2.41. The number of hydrogen-bond acceptors (Lipinski definition) is 2. The van der Waals surface area contributed by atoms with Crippen molar-refractivity contribution < 1.29 is 4.21 Å². The Hall–Kier alpha value is -0.680. The monoisotopic (exact) mass is 344 g/mol. The van der Waals surface area contributed by atoms with Gasteiger partial charge in [0.25, 0.3) is 0 Å². The van der Waals surface area contributed by atoms with Crippen LogP contribution in [0.5, 0.6) is 0 Å². The van der Waals surface area contributed by atoms with Gasteiger partial charge in [-0.1, -0.05) is 30.1 Å². The minimum absolute atomic E-state index is 0.0934. The van der Waals surface area contributed by atoms with Crippen LogP contribution in [0.3, 0.4) is 0 Å². The normalized spacial score (nSPS) is 15.1. The van der Waals surface area contributed by atoms with Crippen LogP contribution in [0.25, 0.3) is 10.9 Å². The number of nitrogens with zero attached hydrogens (tertiary/aromatic N) is 1. The molecular formula is C15H18Cl2N2OS. The van der Waals surface area contributed by atoms with E-state index in [0.717, 1.165) is 16.5 Å². The molecule has 0 saturated heterocycles. The van der Waals surface area contributed by atoms with E-state index in [2.05, 4.69) is 4.98 Å². The van der Waals surface area contributed by atoms with Crippen molar-refractivity contribution in [1.82, 2.24) is 4.98 Å². The lowest BCUT2D eigenvalue weighted by atomic mass is 9.91. The predicted octanol–water partition coefficient (Wildman–Crippen LogP) is 4.44. The maximum Gasteiger partial charge on any atom is 0.133 e. The maximum atomic E-state index is 11.6. The molecule has 2 N–H and O–H groups in total. The van der Waals surface area contributed by atoms with Gasteiger partial charge in [0.2, 0.25) is 0 Å². The molecule has 2 atom stereocenters. The van der Waals surface area contributed by atoms with Gasteiger partial charge in [-0.05, 0) is 56.0 Å². The molecular weight excluding hydrogens is 327 g/mol. The van der Waals surface area contributed by atoms with Crippen molar-refractivity contribution in [2.45, 2.75) is 37.9 Å². The summed E-state index contributed by atoms with van der Waals surface area (Å²) in [5.74, 6) is 0.0934. The number of aromatic nitrogens is 1. The van der Waals surface area contributed by atoms with Gasteiger partial charge in [-0.3, -0.25) is 5.14 Å². The second-order valence-electron chi connectivity index (χ2n) is 5.87. The molecule has 3 nitrogen and oxygen atoms in total. The standard InChI is InChI=1S/C15H18Cl2N2OS/c1-9(8-15(2,3)21(18)20)12-7-10-6-11(16)4-5-13(10)19-14(12)17/h4-7,9H,8,18H2,1-3H3/t9-,21?/m0/s1. The van der Waals surface area contributed by atoms with Gasteiger partial charge >= 0.3 is 0 Å². The van der Waals surface area contributed by atoms with Gasteiger partial charge in [0.1, 0.15) is 5.15 Å². The summed E-state index contributed by atoms with van der Waals surface area (Å²) >= 11 is 12.3. The van der Waals surface area contributed by atoms with Gasteiger partial charge in [0.05, 0.1) is 21.2 Å². The zero-order chi connectivity index (χ0) is 15.8. The number of pyridine rings is 1. The van der Waals surface area contributed by atoms with Crippen molar-refractivity contribution in [2.75, 3.05) is 0 Å². The first-order chi connectivity index (χ1) is 9.70. The molecule has 0 aliphatic carbocycles. The van der Waals surface area contributed by atoms with E-state index >= 15 is 0 Å². The van der Waals surface area contributed by atoms with E-state index in [-0.39, 0.29) is 5.92 Å². The lowest BCUT2D eigenvalue weighted by Crippen LogP contribution is -2.33. The van der Waals surface area contributed by atoms with Gasteiger partial charge in [0.15, 0.2) is 0 Å². The molecule has 1 aromatic heterocycles. The molecule has 0 aliphatic heterocycles. The number of halogens is 2. The van der Waals surface area contributed by atoms with Gasteiger partial charge in [0, 0.05) is 10.4 Å². The van der Waals surface area contributed by atoms with Crippen LogP contribution in [-0.2, 0) is 11.0 Å². The second kappa shape index (κ2) is 6.21. The Morgan fingerprint density at radius 3 is 2.62 bits per heavy atom. The molecule has 0 bridgehead atoms. The van der Waals surface area contributed by atoms with E-state index in [1.54, 1.807) is 6.07 Å². The molecule has 21 heavy (non-hydrogen) atoms. The highest BCUT2D eigenvalue weighted by atomic mass is 35.5. The molecule has 1 unspecified atom stereocenters. The molecule has 0 aliphatic rings. The van der Waals surface area contributed by atoms with Crippen molar-refractivity contribution in [3.05, 3.63) is 40.0 Å². The topological polar surface area (TPSA) is 56.0 Å². The predicted molar refractivity (Wildman–Crippen MR) is 91.2 cm³/mol. The highest BCUT2D eigenvalue weighted by Crippen LogP contribution is 2.34. The maximum absolute atomic E-state index is 11.6. The highest BCUT2D eigenvalue weighted by molar-refractivity contribution is 7.84. The van der Waals surface area contributed by atoms with E-state index in [9.17, 15) is 4.21 Å². The molecule has 1 aromatic carbocycles. The second-order valence-corrected chi connectivity index (χ2v) is 8.36. The SMILES string of the molecule is C[C@@H](CC(C)(C)S(N)=O)c1cc2cc(Cl)ccc2nc1Cl. The molecule has 0 saturated carbocycles. The van der Waals surface area contributed by atoms with Crippen LogP contribution in [0.15, 0.2) is 24.3 Å². The van der Waals surface area contributed by atoms with Crippen LogP contribution in [-0.4, -0.2) is 13.9 Å². The molecule has 6 heteroatoms. The van der Waals surface area contributed by atoms with Crippen LogP contribution < -0.4 is 5.14 Å². The van der Waals surface area contributed by atoms with Gasteiger partial charge in [-0.2, -0.15) is 0 Å². The zero-order valence-electron chi connectivity index (χ0n) is 12.2. The Morgan fingerprint density at radius 2 is 2.00 bits per heavy atom. The molecule has 0 amide bonds. The largest absolute Gasteiger partial charge is 0.251 e. The van der Waals surface area contributed by atoms with Crippen molar-refractivity contribution in [2.24, 2.45) is 5.14 Å². The van der Waals surface area contributed by atoms with Crippen molar-refractivity contribution in [1.29, 1.82) is 0 Å². The van der Waals surface area contributed by atoms with E-state index in [1.807, 2.05) is 39.0 Å². The number of nitrogens with two attached hydrogens (primary N) is 1. The smallest absolute Gasteiger partial charge is 0.133 e. The molecule has 2 aromatic rings. The Bertz CT molecular complexity index is 703. The molecule has 0 fully saturated rings. The quantitative estimate of drug-likeness (QED) is 0.833. The summed E-state index contributed by atoms with van der Waals surface area (Å²) in [5, 5.41) is 7.63. The average Bonchev–Trinajstić information content (AvgIpc) is 2.37.